The molecule has 1 aromatic carbocycles. The van der Waals surface area contributed by atoms with Crippen molar-refractivity contribution in [1.29, 1.82) is 5.26 Å². The second-order valence-electron chi connectivity index (χ2n) is 8.48. The maximum absolute atomic E-state index is 13.1. The molecule has 1 aromatic rings. The van der Waals surface area contributed by atoms with Gasteiger partial charge < -0.3 is 10.2 Å². The predicted molar refractivity (Wildman–Crippen MR) is 119 cm³/mol. The lowest BCUT2D eigenvalue weighted by Gasteiger charge is -2.29. The molecule has 0 aromatic heterocycles. The van der Waals surface area contributed by atoms with E-state index in [1.165, 1.54) is 63.4 Å². The Morgan fingerprint density at radius 2 is 1.59 bits per heavy atom. The number of rotatable bonds is 3. The normalized spacial score (nSPS) is 20.0. The van der Waals surface area contributed by atoms with Crippen LogP contribution in [-0.2, 0) is 11.2 Å². The van der Waals surface area contributed by atoms with E-state index in [4.69, 9.17) is 0 Å². The van der Waals surface area contributed by atoms with Crippen LogP contribution < -0.4 is 10.2 Å². The van der Waals surface area contributed by atoms with Crippen LogP contribution >= 0.6 is 0 Å². The van der Waals surface area contributed by atoms with E-state index in [1.54, 1.807) is 11.1 Å². The summed E-state index contributed by atoms with van der Waals surface area (Å²) in [6, 6.07) is 10.5. The first kappa shape index (κ1) is 21.4. The maximum Gasteiger partial charge on any atom is 0.270 e. The average molecular weight is 394 g/mol. The third-order valence-corrected chi connectivity index (χ3v) is 6.27. The van der Waals surface area contributed by atoms with Gasteiger partial charge in [-0.1, -0.05) is 76.0 Å². The molecule has 0 unspecified atom stereocenters. The Morgan fingerprint density at radius 1 is 0.966 bits per heavy atom. The highest BCUT2D eigenvalue weighted by Crippen LogP contribution is 2.27. The smallest absolute Gasteiger partial charge is 0.270 e. The summed E-state index contributed by atoms with van der Waals surface area (Å²) < 4.78 is 0. The predicted octanol–water partition coefficient (Wildman–Crippen LogP) is 5.64. The SMILES string of the molecule is N#C/C(=C/NC1CCCCCCCCCCC1)C(=O)N1CCCc2ccccc21. The highest BCUT2D eigenvalue weighted by atomic mass is 16.2. The number of fused-ring (bicyclic) bond motifs is 1. The van der Waals surface area contributed by atoms with Gasteiger partial charge in [-0.3, -0.25) is 4.79 Å². The summed E-state index contributed by atoms with van der Waals surface area (Å²) in [5, 5.41) is 13.1. The van der Waals surface area contributed by atoms with Crippen LogP contribution in [0, 0.1) is 11.3 Å². The van der Waals surface area contributed by atoms with Gasteiger partial charge in [0.05, 0.1) is 0 Å². The third-order valence-electron chi connectivity index (χ3n) is 6.27. The Morgan fingerprint density at radius 3 is 2.24 bits per heavy atom. The first-order valence-electron chi connectivity index (χ1n) is 11.6. The molecule has 0 bridgehead atoms. The molecule has 1 amide bonds. The minimum Gasteiger partial charge on any atom is -0.387 e. The maximum atomic E-state index is 13.1. The Hall–Kier alpha value is -2.28. The fourth-order valence-electron chi connectivity index (χ4n) is 4.56. The lowest BCUT2D eigenvalue weighted by molar-refractivity contribution is -0.114. The minimum atomic E-state index is -0.180. The van der Waals surface area contributed by atoms with Crippen LogP contribution in [0.25, 0.3) is 0 Å². The molecule has 0 spiro atoms. The van der Waals surface area contributed by atoms with Gasteiger partial charge in [0, 0.05) is 24.5 Å². The van der Waals surface area contributed by atoms with E-state index in [-0.39, 0.29) is 11.5 Å². The molecule has 4 heteroatoms. The number of hydrogen-bond acceptors (Lipinski definition) is 3. The molecule has 156 valence electrons. The van der Waals surface area contributed by atoms with Gasteiger partial charge in [-0.2, -0.15) is 5.26 Å². The molecule has 1 aliphatic heterocycles. The summed E-state index contributed by atoms with van der Waals surface area (Å²) in [5.41, 5.74) is 2.36. The molecule has 1 saturated carbocycles. The van der Waals surface area contributed by atoms with E-state index < -0.39 is 0 Å². The number of para-hydroxylation sites is 1. The number of amides is 1. The molecule has 3 rings (SSSR count). The second-order valence-corrected chi connectivity index (χ2v) is 8.48. The zero-order valence-corrected chi connectivity index (χ0v) is 17.7. The van der Waals surface area contributed by atoms with Crippen molar-refractivity contribution in [3.63, 3.8) is 0 Å². The number of nitrogens with one attached hydrogen (secondary N) is 1. The van der Waals surface area contributed by atoms with Crippen LogP contribution in [0.5, 0.6) is 0 Å². The van der Waals surface area contributed by atoms with Gasteiger partial charge in [0.2, 0.25) is 0 Å². The van der Waals surface area contributed by atoms with E-state index in [0.717, 1.165) is 31.4 Å². The van der Waals surface area contributed by atoms with Crippen molar-refractivity contribution in [2.24, 2.45) is 0 Å². The molecule has 0 saturated heterocycles. The molecular formula is C25H35N3O. The fraction of sp³-hybridized carbons (Fsp3) is 0.600. The van der Waals surface area contributed by atoms with Gasteiger partial charge >= 0.3 is 0 Å². The van der Waals surface area contributed by atoms with Gasteiger partial charge in [0.25, 0.3) is 5.91 Å². The molecular weight excluding hydrogens is 358 g/mol. The molecule has 0 radical (unpaired) electrons. The number of carbonyl (C=O) groups is 1. The van der Waals surface area contributed by atoms with Gasteiger partial charge in [0.1, 0.15) is 11.6 Å². The molecule has 2 aliphatic rings. The van der Waals surface area contributed by atoms with E-state index in [9.17, 15) is 10.1 Å². The van der Waals surface area contributed by atoms with E-state index in [0.29, 0.717) is 12.6 Å². The number of benzene rings is 1. The molecule has 0 atom stereocenters. The standard InChI is InChI=1S/C25H35N3O/c26-19-22(25(29)28-18-12-14-21-13-10-11-17-24(21)28)20-27-23-15-8-6-4-2-1-3-5-7-9-16-23/h10-11,13,17,20,23,27H,1-9,12,14-16,18H2/b22-20-. The number of nitriles is 1. The second kappa shape index (κ2) is 11.7. The topological polar surface area (TPSA) is 56.1 Å². The molecule has 4 nitrogen and oxygen atoms in total. The van der Waals surface area contributed by atoms with Crippen molar-refractivity contribution in [1.82, 2.24) is 5.32 Å². The number of nitrogens with zero attached hydrogens (tertiary/aromatic N) is 2. The minimum absolute atomic E-state index is 0.180. The van der Waals surface area contributed by atoms with Gasteiger partial charge in [-0.25, -0.2) is 0 Å². The zero-order chi connectivity index (χ0) is 20.3. The highest BCUT2D eigenvalue weighted by molar-refractivity contribution is 6.08. The summed E-state index contributed by atoms with van der Waals surface area (Å²) in [5.74, 6) is -0.180. The lowest BCUT2D eigenvalue weighted by Crippen LogP contribution is -2.37. The van der Waals surface area contributed by atoms with Crippen LogP contribution in [-0.4, -0.2) is 18.5 Å². The molecule has 1 N–H and O–H groups in total. The van der Waals surface area contributed by atoms with Crippen molar-refractivity contribution in [2.45, 2.75) is 89.5 Å². The summed E-state index contributed by atoms with van der Waals surface area (Å²) in [6.07, 6.45) is 17.7. The Labute approximate surface area is 176 Å². The summed E-state index contributed by atoms with van der Waals surface area (Å²) in [4.78, 5) is 14.8. The van der Waals surface area contributed by atoms with Crippen molar-refractivity contribution >= 4 is 11.6 Å². The van der Waals surface area contributed by atoms with E-state index >= 15 is 0 Å². The number of carbonyl (C=O) groups excluding carboxylic acids is 1. The summed E-state index contributed by atoms with van der Waals surface area (Å²) in [7, 11) is 0. The van der Waals surface area contributed by atoms with Crippen LogP contribution in [0.2, 0.25) is 0 Å². The zero-order valence-electron chi connectivity index (χ0n) is 17.7. The quantitative estimate of drug-likeness (QED) is 0.534. The first-order chi connectivity index (χ1) is 14.3. The Kier molecular flexibility index (Phi) is 8.61. The third kappa shape index (κ3) is 6.35. The van der Waals surface area contributed by atoms with Crippen molar-refractivity contribution < 1.29 is 4.79 Å². The lowest BCUT2D eigenvalue weighted by atomic mass is 9.98. The fourth-order valence-corrected chi connectivity index (χ4v) is 4.56. The summed E-state index contributed by atoms with van der Waals surface area (Å²) in [6.45, 7) is 0.679. The van der Waals surface area contributed by atoms with Crippen LogP contribution in [0.4, 0.5) is 5.69 Å². The molecule has 1 fully saturated rings. The molecule has 1 heterocycles. The van der Waals surface area contributed by atoms with Gasteiger partial charge in [-0.15, -0.1) is 0 Å². The first-order valence-corrected chi connectivity index (χ1v) is 11.6. The van der Waals surface area contributed by atoms with Crippen LogP contribution in [0.1, 0.15) is 82.6 Å². The van der Waals surface area contributed by atoms with Crippen molar-refractivity contribution in [2.75, 3.05) is 11.4 Å². The largest absolute Gasteiger partial charge is 0.387 e. The molecule has 1 aliphatic carbocycles. The highest BCUT2D eigenvalue weighted by Gasteiger charge is 2.25. The Bertz CT molecular complexity index is 722. The van der Waals surface area contributed by atoms with Crippen molar-refractivity contribution in [3.05, 3.63) is 41.6 Å². The van der Waals surface area contributed by atoms with E-state index in [2.05, 4.69) is 17.5 Å². The van der Waals surface area contributed by atoms with Crippen molar-refractivity contribution in [3.8, 4) is 6.07 Å². The van der Waals surface area contributed by atoms with Gasteiger partial charge in [0.15, 0.2) is 0 Å². The van der Waals surface area contributed by atoms with E-state index in [1.807, 2.05) is 18.2 Å². The number of hydrogen-bond donors (Lipinski definition) is 1. The number of anilines is 1. The van der Waals surface area contributed by atoms with Crippen LogP contribution in [0.15, 0.2) is 36.0 Å². The monoisotopic (exact) mass is 393 g/mol. The molecule has 29 heavy (non-hydrogen) atoms. The Balaban J connectivity index is 1.63. The van der Waals surface area contributed by atoms with Crippen LogP contribution in [0.3, 0.4) is 0 Å². The van der Waals surface area contributed by atoms with Gasteiger partial charge in [-0.05, 0) is 37.3 Å². The number of aryl methyl sites for hydroxylation is 1. The average Bonchev–Trinajstić information content (AvgIpc) is 2.75. The summed E-state index contributed by atoms with van der Waals surface area (Å²) >= 11 is 0.